The monoisotopic (exact) mass is 401 g/mol. The van der Waals surface area contributed by atoms with E-state index in [4.69, 9.17) is 9.73 Å². The summed E-state index contributed by atoms with van der Waals surface area (Å²) in [4.78, 5) is 30.5. The van der Waals surface area contributed by atoms with E-state index in [9.17, 15) is 14.7 Å². The number of likely N-dealkylation sites (tertiary alicyclic amines) is 1. The molecule has 1 aromatic rings. The molecule has 0 aliphatic carbocycles. The highest BCUT2D eigenvalue weighted by Gasteiger charge is 2.34. The van der Waals surface area contributed by atoms with E-state index in [0.717, 1.165) is 36.4 Å². The van der Waals surface area contributed by atoms with Crippen molar-refractivity contribution < 1.29 is 19.4 Å². The molecule has 0 aromatic heterocycles. The number of carbonyl (C=O) groups excluding carboxylic acids is 1. The Labute approximate surface area is 172 Å². The molecule has 0 bridgehead atoms. The van der Waals surface area contributed by atoms with Gasteiger partial charge >= 0.3 is 12.0 Å². The van der Waals surface area contributed by atoms with E-state index in [2.05, 4.69) is 11.4 Å². The highest BCUT2D eigenvalue weighted by atomic mass is 16.5. The van der Waals surface area contributed by atoms with Crippen molar-refractivity contribution in [2.24, 2.45) is 16.8 Å². The van der Waals surface area contributed by atoms with Crippen LogP contribution in [0, 0.1) is 11.8 Å². The predicted octanol–water partition coefficient (Wildman–Crippen LogP) is 2.96. The first-order valence-corrected chi connectivity index (χ1v) is 10.5. The van der Waals surface area contributed by atoms with Gasteiger partial charge in [-0.2, -0.15) is 0 Å². The number of carbonyl (C=O) groups is 2. The van der Waals surface area contributed by atoms with Gasteiger partial charge in [-0.25, -0.2) is 4.79 Å². The molecule has 158 valence electrons. The summed E-state index contributed by atoms with van der Waals surface area (Å²) in [5.41, 5.74) is 3.34. The number of urea groups is 1. The number of aliphatic carboxylic acids is 1. The smallest absolute Gasteiger partial charge is 0.317 e. The number of carboxylic acid groups (broad SMARTS) is 1. The summed E-state index contributed by atoms with van der Waals surface area (Å²) in [6.07, 6.45) is 3.30. The maximum absolute atomic E-state index is 12.5. The van der Waals surface area contributed by atoms with Crippen molar-refractivity contribution >= 4 is 17.7 Å². The normalized spacial score (nSPS) is 21.2. The molecule has 2 aliphatic heterocycles. The lowest BCUT2D eigenvalue weighted by Gasteiger charge is -2.38. The quantitative estimate of drug-likeness (QED) is 0.735. The molecule has 1 saturated heterocycles. The Morgan fingerprint density at radius 2 is 2.17 bits per heavy atom. The molecule has 1 fully saturated rings. The molecule has 7 nitrogen and oxygen atoms in total. The minimum atomic E-state index is -0.781. The van der Waals surface area contributed by atoms with Crippen LogP contribution in [0.5, 0.6) is 5.75 Å². The molecule has 29 heavy (non-hydrogen) atoms. The third-order valence-electron chi connectivity index (χ3n) is 5.91. The van der Waals surface area contributed by atoms with Crippen LogP contribution < -0.4 is 10.1 Å². The summed E-state index contributed by atoms with van der Waals surface area (Å²) >= 11 is 0. The average Bonchev–Trinajstić information content (AvgIpc) is 2.72. The Morgan fingerprint density at radius 3 is 2.90 bits per heavy atom. The molecule has 2 heterocycles. The maximum Gasteiger partial charge on any atom is 0.317 e. The average molecular weight is 402 g/mol. The lowest BCUT2D eigenvalue weighted by Crippen LogP contribution is -2.49. The van der Waals surface area contributed by atoms with E-state index < -0.39 is 5.97 Å². The SMILES string of the molecule is CCCNC(=O)N1CCC(CC(=O)O)C(CC2=NCCc3ccc(OC)cc32)C1. The molecule has 0 spiro atoms. The standard InChI is InChI=1S/C22H31N3O4/c1-3-8-24-22(28)25-10-7-16(12-21(26)27)17(14-25)11-20-19-13-18(29-2)5-4-15(19)6-9-23-20/h4-5,13,16-17H,3,6-12,14H2,1-2H3,(H,24,28)(H,26,27). The molecule has 2 unspecified atom stereocenters. The minimum absolute atomic E-state index is 0.0430. The second kappa shape index (κ2) is 9.76. The number of methoxy groups -OCH3 is 1. The molecule has 2 atom stereocenters. The maximum atomic E-state index is 12.5. The second-order valence-corrected chi connectivity index (χ2v) is 7.89. The molecule has 7 heteroatoms. The third-order valence-corrected chi connectivity index (χ3v) is 5.91. The number of hydrogen-bond donors (Lipinski definition) is 2. The van der Waals surface area contributed by atoms with Crippen LogP contribution in [0.2, 0.25) is 0 Å². The number of aliphatic imine (C=N–C) groups is 1. The lowest BCUT2D eigenvalue weighted by molar-refractivity contribution is -0.138. The minimum Gasteiger partial charge on any atom is -0.497 e. The number of nitrogens with one attached hydrogen (secondary N) is 1. The van der Waals surface area contributed by atoms with E-state index in [1.54, 1.807) is 7.11 Å². The molecule has 0 saturated carbocycles. The number of nitrogens with zero attached hydrogens (tertiary/aromatic N) is 2. The van der Waals surface area contributed by atoms with Crippen molar-refractivity contribution in [2.45, 2.75) is 39.0 Å². The van der Waals surface area contributed by atoms with Crippen LogP contribution in [0.15, 0.2) is 23.2 Å². The first kappa shape index (κ1) is 21.1. The van der Waals surface area contributed by atoms with E-state index >= 15 is 0 Å². The Morgan fingerprint density at radius 1 is 1.34 bits per heavy atom. The van der Waals surface area contributed by atoms with Gasteiger partial charge < -0.3 is 20.1 Å². The molecule has 1 aromatic carbocycles. The van der Waals surface area contributed by atoms with Gasteiger partial charge in [-0.3, -0.25) is 9.79 Å². The van der Waals surface area contributed by atoms with Crippen molar-refractivity contribution in [3.63, 3.8) is 0 Å². The molecular formula is C22H31N3O4. The third kappa shape index (κ3) is 5.28. The summed E-state index contributed by atoms with van der Waals surface area (Å²) in [7, 11) is 1.65. The van der Waals surface area contributed by atoms with Gasteiger partial charge in [0.15, 0.2) is 0 Å². The lowest BCUT2D eigenvalue weighted by atomic mass is 9.78. The zero-order valence-corrected chi connectivity index (χ0v) is 17.3. The van der Waals surface area contributed by atoms with Gasteiger partial charge in [-0.15, -0.1) is 0 Å². The van der Waals surface area contributed by atoms with Gasteiger partial charge in [0.25, 0.3) is 0 Å². The highest BCUT2D eigenvalue weighted by molar-refractivity contribution is 6.03. The van der Waals surface area contributed by atoms with Gasteiger partial charge in [0.1, 0.15) is 5.75 Å². The number of piperidine rings is 1. The number of fused-ring (bicyclic) bond motifs is 1. The Bertz CT molecular complexity index is 777. The van der Waals surface area contributed by atoms with Crippen molar-refractivity contribution in [1.82, 2.24) is 10.2 Å². The topological polar surface area (TPSA) is 91.2 Å². The predicted molar refractivity (Wildman–Crippen MR) is 112 cm³/mol. The molecule has 2 N–H and O–H groups in total. The molecular weight excluding hydrogens is 370 g/mol. The van der Waals surface area contributed by atoms with E-state index in [1.165, 1.54) is 5.56 Å². The van der Waals surface area contributed by atoms with E-state index in [-0.39, 0.29) is 24.3 Å². The summed E-state index contributed by atoms with van der Waals surface area (Å²) in [5, 5.41) is 12.3. The number of rotatable bonds is 7. The number of benzene rings is 1. The van der Waals surface area contributed by atoms with Gasteiger partial charge in [0, 0.05) is 43.9 Å². The molecule has 2 amide bonds. The highest BCUT2D eigenvalue weighted by Crippen LogP contribution is 2.32. The van der Waals surface area contributed by atoms with Gasteiger partial charge in [-0.1, -0.05) is 13.0 Å². The summed E-state index contributed by atoms with van der Waals surface area (Å²) < 4.78 is 5.38. The van der Waals surface area contributed by atoms with Crippen LogP contribution in [-0.4, -0.2) is 61.0 Å². The fourth-order valence-corrected chi connectivity index (χ4v) is 4.32. The second-order valence-electron chi connectivity index (χ2n) is 7.89. The summed E-state index contributed by atoms with van der Waals surface area (Å²) in [5.74, 6) is 0.130. The van der Waals surface area contributed by atoms with Crippen molar-refractivity contribution in [2.75, 3.05) is 33.3 Å². The largest absolute Gasteiger partial charge is 0.497 e. The zero-order chi connectivity index (χ0) is 20.8. The fraction of sp³-hybridized carbons (Fsp3) is 0.591. The first-order valence-electron chi connectivity index (χ1n) is 10.5. The van der Waals surface area contributed by atoms with Crippen LogP contribution >= 0.6 is 0 Å². The van der Waals surface area contributed by atoms with Gasteiger partial charge in [0.2, 0.25) is 0 Å². The molecule has 2 aliphatic rings. The van der Waals surface area contributed by atoms with Crippen LogP contribution in [0.1, 0.15) is 43.7 Å². The number of ether oxygens (including phenoxy) is 1. The zero-order valence-electron chi connectivity index (χ0n) is 17.3. The Balaban J connectivity index is 1.78. The fourth-order valence-electron chi connectivity index (χ4n) is 4.32. The van der Waals surface area contributed by atoms with Crippen LogP contribution in [0.25, 0.3) is 0 Å². The molecule has 0 radical (unpaired) electrons. The first-order chi connectivity index (χ1) is 14.0. The van der Waals surface area contributed by atoms with Crippen LogP contribution in [0.3, 0.4) is 0 Å². The summed E-state index contributed by atoms with van der Waals surface area (Å²) in [6, 6.07) is 6.02. The summed E-state index contributed by atoms with van der Waals surface area (Å²) in [6.45, 7) is 4.58. The van der Waals surface area contributed by atoms with Crippen LogP contribution in [0.4, 0.5) is 4.79 Å². The molecule has 3 rings (SSSR count). The van der Waals surface area contributed by atoms with Crippen molar-refractivity contribution in [1.29, 1.82) is 0 Å². The van der Waals surface area contributed by atoms with Gasteiger partial charge in [-0.05, 0) is 55.2 Å². The van der Waals surface area contributed by atoms with Gasteiger partial charge in [0.05, 0.1) is 7.11 Å². The van der Waals surface area contributed by atoms with Crippen molar-refractivity contribution in [3.8, 4) is 5.75 Å². The number of amides is 2. The van der Waals surface area contributed by atoms with Crippen LogP contribution in [-0.2, 0) is 11.2 Å². The van der Waals surface area contributed by atoms with E-state index in [1.807, 2.05) is 24.0 Å². The number of hydrogen-bond acceptors (Lipinski definition) is 4. The van der Waals surface area contributed by atoms with Crippen molar-refractivity contribution in [3.05, 3.63) is 29.3 Å². The number of carboxylic acids is 1. The Hall–Kier alpha value is -2.57. The Kier molecular flexibility index (Phi) is 7.12. The van der Waals surface area contributed by atoms with E-state index in [0.29, 0.717) is 32.5 Å².